The van der Waals surface area contributed by atoms with E-state index in [1.807, 2.05) is 38.1 Å². The van der Waals surface area contributed by atoms with Gasteiger partial charge in [0, 0.05) is 23.6 Å². The number of nitrogens with one attached hydrogen (secondary N) is 1. The number of ketones is 1. The minimum absolute atomic E-state index is 0.0563. The van der Waals surface area contributed by atoms with E-state index >= 15 is 0 Å². The second-order valence-electron chi connectivity index (χ2n) is 8.76. The molecule has 2 N–H and O–H groups in total. The van der Waals surface area contributed by atoms with Crippen LogP contribution in [0.15, 0.2) is 52.2 Å². The molecule has 1 aromatic heterocycles. The van der Waals surface area contributed by atoms with Crippen LogP contribution < -0.4 is 19.5 Å². The zero-order valence-electron chi connectivity index (χ0n) is 20.2. The molecule has 2 atom stereocenters. The van der Waals surface area contributed by atoms with Gasteiger partial charge in [0.15, 0.2) is 28.8 Å². The van der Waals surface area contributed by atoms with Crippen molar-refractivity contribution in [2.45, 2.75) is 38.5 Å². The lowest BCUT2D eigenvalue weighted by atomic mass is 9.72. The summed E-state index contributed by atoms with van der Waals surface area (Å²) in [5.41, 5.74) is 4.97. The summed E-state index contributed by atoms with van der Waals surface area (Å²) in [6, 6.07) is 11.0. The number of benzene rings is 2. The van der Waals surface area contributed by atoms with Crippen LogP contribution in [0.4, 0.5) is 5.88 Å². The molecule has 8 heteroatoms. The molecule has 3 aromatic rings. The highest BCUT2D eigenvalue weighted by atomic mass is 16.5. The molecule has 182 valence electrons. The predicted octanol–water partition coefficient (Wildman–Crippen LogP) is 5.06. The number of phenolic OH excluding ortho intramolecular Hbond substituents is 1. The fourth-order valence-corrected chi connectivity index (χ4v) is 5.13. The van der Waals surface area contributed by atoms with E-state index in [1.54, 1.807) is 19.2 Å². The summed E-state index contributed by atoms with van der Waals surface area (Å²) < 4.78 is 22.2. The van der Waals surface area contributed by atoms with Crippen LogP contribution in [-0.4, -0.2) is 36.9 Å². The van der Waals surface area contributed by atoms with Gasteiger partial charge in [-0.05, 0) is 61.6 Å². The molecular formula is C27H28N2O6. The molecule has 0 saturated carbocycles. The van der Waals surface area contributed by atoms with Crippen molar-refractivity contribution in [2.24, 2.45) is 0 Å². The molecule has 2 aliphatic rings. The number of aromatic hydroxyl groups is 1. The molecular weight excluding hydrogens is 448 g/mol. The van der Waals surface area contributed by atoms with E-state index in [-0.39, 0.29) is 23.4 Å². The Morgan fingerprint density at radius 3 is 2.54 bits per heavy atom. The van der Waals surface area contributed by atoms with Gasteiger partial charge < -0.3 is 29.2 Å². The standard InChI is InChI=1S/C27H28N2O6/c1-5-34-23-13-16(7-9-21(23)32-3)25-24-14(2)29-35-27(24)28-18-10-17(11-20(31)26(18)25)15-6-8-19(30)22(12-15)33-4/h6-9,12-13,17,25,28,30H,5,10-11H2,1-4H3/t17-,25+/m1/s1. The molecule has 2 aromatic carbocycles. The topological polar surface area (TPSA) is 103 Å². The van der Waals surface area contributed by atoms with Crippen molar-refractivity contribution >= 4 is 11.7 Å². The smallest absolute Gasteiger partial charge is 0.233 e. The van der Waals surface area contributed by atoms with Gasteiger partial charge in [0.25, 0.3) is 0 Å². The SMILES string of the molecule is CCOc1cc([C@@H]2C3=C(C[C@@H](c4ccc(O)c(OC)c4)CC3=O)Nc3onc(C)c32)ccc1OC. The zero-order chi connectivity index (χ0) is 24.7. The van der Waals surface area contributed by atoms with E-state index in [9.17, 15) is 9.90 Å². The quantitative estimate of drug-likeness (QED) is 0.509. The number of hydrogen-bond acceptors (Lipinski definition) is 8. The maximum atomic E-state index is 13.7. The molecule has 1 aliphatic heterocycles. The average molecular weight is 477 g/mol. The lowest BCUT2D eigenvalue weighted by Gasteiger charge is -2.34. The summed E-state index contributed by atoms with van der Waals surface area (Å²) in [5, 5.41) is 17.5. The summed E-state index contributed by atoms with van der Waals surface area (Å²) in [6.45, 7) is 4.30. The third-order valence-corrected chi connectivity index (χ3v) is 6.75. The number of Topliss-reactive ketones (excluding diaryl/α,β-unsaturated/α-hetero) is 1. The number of carbonyl (C=O) groups excluding carboxylic acids is 1. The third-order valence-electron chi connectivity index (χ3n) is 6.75. The number of fused-ring (bicyclic) bond motifs is 1. The fraction of sp³-hybridized carbons (Fsp3) is 0.333. The van der Waals surface area contributed by atoms with Crippen LogP contribution in [0.1, 0.15) is 54.0 Å². The van der Waals surface area contributed by atoms with Gasteiger partial charge in [-0.25, -0.2) is 0 Å². The maximum absolute atomic E-state index is 13.7. The monoisotopic (exact) mass is 476 g/mol. The van der Waals surface area contributed by atoms with Crippen LogP contribution in [-0.2, 0) is 4.79 Å². The van der Waals surface area contributed by atoms with Gasteiger partial charge in [-0.2, -0.15) is 0 Å². The van der Waals surface area contributed by atoms with Gasteiger partial charge in [0.1, 0.15) is 0 Å². The summed E-state index contributed by atoms with van der Waals surface area (Å²) in [6.07, 6.45) is 0.957. The Morgan fingerprint density at radius 2 is 1.80 bits per heavy atom. The largest absolute Gasteiger partial charge is 0.504 e. The van der Waals surface area contributed by atoms with Crippen LogP contribution in [0.5, 0.6) is 23.0 Å². The number of aryl methyl sites for hydroxylation is 1. The second kappa shape index (κ2) is 9.02. The molecule has 0 amide bonds. The minimum atomic E-state index is -0.333. The molecule has 0 fully saturated rings. The van der Waals surface area contributed by atoms with E-state index in [2.05, 4.69) is 10.5 Å². The molecule has 35 heavy (non-hydrogen) atoms. The number of rotatable bonds is 6. The molecule has 0 spiro atoms. The van der Waals surface area contributed by atoms with Crippen molar-refractivity contribution < 1.29 is 28.6 Å². The van der Waals surface area contributed by atoms with Crippen LogP contribution in [0.25, 0.3) is 0 Å². The zero-order valence-corrected chi connectivity index (χ0v) is 20.2. The van der Waals surface area contributed by atoms with Gasteiger partial charge in [-0.3, -0.25) is 4.79 Å². The first-order valence-corrected chi connectivity index (χ1v) is 11.6. The number of phenols is 1. The number of nitrogens with zero attached hydrogens (tertiary/aromatic N) is 1. The van der Waals surface area contributed by atoms with Crippen molar-refractivity contribution in [3.63, 3.8) is 0 Å². The van der Waals surface area contributed by atoms with Crippen LogP contribution in [0, 0.1) is 6.92 Å². The molecule has 0 unspecified atom stereocenters. The number of hydrogen-bond donors (Lipinski definition) is 2. The van der Waals surface area contributed by atoms with E-state index < -0.39 is 0 Å². The Hall–Kier alpha value is -3.94. The molecule has 8 nitrogen and oxygen atoms in total. The van der Waals surface area contributed by atoms with Crippen LogP contribution in [0.2, 0.25) is 0 Å². The molecule has 5 rings (SSSR count). The maximum Gasteiger partial charge on any atom is 0.233 e. The van der Waals surface area contributed by atoms with Gasteiger partial charge in [-0.15, -0.1) is 0 Å². The highest BCUT2D eigenvalue weighted by Gasteiger charge is 2.41. The fourth-order valence-electron chi connectivity index (χ4n) is 5.13. The lowest BCUT2D eigenvalue weighted by Crippen LogP contribution is -2.29. The minimum Gasteiger partial charge on any atom is -0.504 e. The van der Waals surface area contributed by atoms with Gasteiger partial charge in [-0.1, -0.05) is 17.3 Å². The third kappa shape index (κ3) is 3.88. The number of aromatic nitrogens is 1. The van der Waals surface area contributed by atoms with Crippen molar-refractivity contribution in [1.29, 1.82) is 0 Å². The van der Waals surface area contributed by atoms with Crippen molar-refractivity contribution in [2.75, 3.05) is 26.1 Å². The van der Waals surface area contributed by atoms with E-state index in [0.29, 0.717) is 42.6 Å². The van der Waals surface area contributed by atoms with Gasteiger partial charge >= 0.3 is 0 Å². The normalized spacial score (nSPS) is 19.0. The van der Waals surface area contributed by atoms with Crippen molar-refractivity contribution in [1.82, 2.24) is 5.16 Å². The first-order valence-electron chi connectivity index (χ1n) is 11.6. The Kier molecular flexibility index (Phi) is 5.88. The van der Waals surface area contributed by atoms with Crippen molar-refractivity contribution in [3.8, 4) is 23.0 Å². The predicted molar refractivity (Wildman–Crippen MR) is 130 cm³/mol. The number of anilines is 1. The second-order valence-corrected chi connectivity index (χ2v) is 8.76. The van der Waals surface area contributed by atoms with E-state index in [4.69, 9.17) is 18.7 Å². The summed E-state index contributed by atoms with van der Waals surface area (Å²) in [4.78, 5) is 13.7. The molecule has 0 bridgehead atoms. The first kappa shape index (κ1) is 22.8. The van der Waals surface area contributed by atoms with E-state index in [0.717, 1.165) is 33.7 Å². The number of allylic oxidation sites excluding steroid dienone is 2. The van der Waals surface area contributed by atoms with Gasteiger partial charge in [0.2, 0.25) is 5.88 Å². The summed E-state index contributed by atoms with van der Waals surface area (Å²) >= 11 is 0. The highest BCUT2D eigenvalue weighted by molar-refractivity contribution is 6.01. The Bertz CT molecular complexity index is 1330. The van der Waals surface area contributed by atoms with E-state index in [1.165, 1.54) is 7.11 Å². The molecule has 0 radical (unpaired) electrons. The Labute approximate surface area is 203 Å². The highest BCUT2D eigenvalue weighted by Crippen LogP contribution is 2.50. The molecule has 0 saturated heterocycles. The average Bonchev–Trinajstić information content (AvgIpc) is 3.23. The number of methoxy groups -OCH3 is 2. The Balaban J connectivity index is 1.60. The van der Waals surface area contributed by atoms with Gasteiger partial charge in [0.05, 0.1) is 32.1 Å². The van der Waals surface area contributed by atoms with Crippen molar-refractivity contribution in [3.05, 3.63) is 70.1 Å². The van der Waals surface area contributed by atoms with Crippen LogP contribution in [0.3, 0.4) is 0 Å². The Morgan fingerprint density at radius 1 is 1.06 bits per heavy atom. The molecule has 1 aliphatic carbocycles. The lowest BCUT2D eigenvalue weighted by molar-refractivity contribution is -0.116. The molecule has 2 heterocycles. The summed E-state index contributed by atoms with van der Waals surface area (Å²) in [5.74, 6) is 1.93. The number of ether oxygens (including phenoxy) is 3. The van der Waals surface area contributed by atoms with Crippen LogP contribution >= 0.6 is 0 Å². The summed E-state index contributed by atoms with van der Waals surface area (Å²) in [7, 11) is 3.12. The number of carbonyl (C=O) groups is 1. The first-order chi connectivity index (χ1) is 16.9.